The van der Waals surface area contributed by atoms with Crippen LogP contribution in [0.25, 0.3) is 0 Å². The summed E-state index contributed by atoms with van der Waals surface area (Å²) in [4.78, 5) is 22.5. The van der Waals surface area contributed by atoms with Gasteiger partial charge in [-0.1, -0.05) is 11.6 Å². The number of halogens is 2. The average molecular weight is 360 g/mol. The van der Waals surface area contributed by atoms with E-state index in [1.165, 1.54) is 23.8 Å². The highest BCUT2D eigenvalue weighted by Gasteiger charge is 2.18. The lowest BCUT2D eigenvalue weighted by Gasteiger charge is -2.07. The number of nitro groups is 1. The van der Waals surface area contributed by atoms with Gasteiger partial charge in [0.05, 0.1) is 27.8 Å². The Balaban J connectivity index is 2.49. The summed E-state index contributed by atoms with van der Waals surface area (Å²) in [7, 11) is 0. The van der Waals surface area contributed by atoms with Gasteiger partial charge in [-0.3, -0.25) is 14.9 Å². The number of rotatable bonds is 3. The molecular formula is C11H8BrClN4O3. The lowest BCUT2D eigenvalue weighted by molar-refractivity contribution is -0.386. The first-order valence-corrected chi connectivity index (χ1v) is 6.59. The molecule has 0 aromatic carbocycles. The van der Waals surface area contributed by atoms with Crippen LogP contribution in [0.1, 0.15) is 11.3 Å². The van der Waals surface area contributed by atoms with E-state index >= 15 is 0 Å². The molecule has 2 aromatic rings. The van der Waals surface area contributed by atoms with E-state index in [9.17, 15) is 14.9 Å². The van der Waals surface area contributed by atoms with Crippen LogP contribution in [0.3, 0.4) is 0 Å². The maximum atomic E-state index is 12.1. The number of nitrogens with zero attached hydrogens (tertiary/aromatic N) is 4. The maximum absolute atomic E-state index is 12.1. The van der Waals surface area contributed by atoms with E-state index in [0.717, 1.165) is 0 Å². The van der Waals surface area contributed by atoms with Crippen LogP contribution >= 0.6 is 27.5 Å². The number of aromatic nitrogens is 3. The first-order valence-electron chi connectivity index (χ1n) is 5.42. The Labute approximate surface area is 126 Å². The lowest BCUT2D eigenvalue weighted by Crippen LogP contribution is -2.23. The highest BCUT2D eigenvalue weighted by atomic mass is 79.9. The van der Waals surface area contributed by atoms with Crippen molar-refractivity contribution in [2.75, 3.05) is 0 Å². The van der Waals surface area contributed by atoms with Crippen LogP contribution in [0.5, 0.6) is 0 Å². The van der Waals surface area contributed by atoms with Gasteiger partial charge in [0.25, 0.3) is 11.2 Å². The van der Waals surface area contributed by atoms with Crippen molar-refractivity contribution in [2.24, 2.45) is 0 Å². The minimum Gasteiger partial charge on any atom is -0.302 e. The molecule has 0 saturated heterocycles. The number of pyridine rings is 1. The predicted octanol–water partition coefficient (Wildman–Crippen LogP) is 2.32. The summed E-state index contributed by atoms with van der Waals surface area (Å²) >= 11 is 8.70. The molecule has 0 fully saturated rings. The summed E-state index contributed by atoms with van der Waals surface area (Å²) in [6.45, 7) is 1.58. The van der Waals surface area contributed by atoms with E-state index in [-0.39, 0.29) is 27.4 Å². The summed E-state index contributed by atoms with van der Waals surface area (Å²) < 4.78 is 1.36. The van der Waals surface area contributed by atoms with Crippen molar-refractivity contribution in [1.29, 1.82) is 0 Å². The van der Waals surface area contributed by atoms with Gasteiger partial charge in [-0.05, 0) is 35.0 Å². The van der Waals surface area contributed by atoms with Gasteiger partial charge in [-0.2, -0.15) is 5.10 Å². The smallest absolute Gasteiger partial charge is 0.289 e. The number of hydrogen-bond acceptors (Lipinski definition) is 5. The van der Waals surface area contributed by atoms with Crippen molar-refractivity contribution in [3.8, 4) is 0 Å². The molecule has 0 spiro atoms. The van der Waals surface area contributed by atoms with Gasteiger partial charge in [-0.15, -0.1) is 5.10 Å². The Hall–Kier alpha value is -1.80. The zero-order chi connectivity index (χ0) is 14.9. The fraction of sp³-hybridized carbons (Fsp3) is 0.182. The van der Waals surface area contributed by atoms with Crippen LogP contribution in [0.2, 0.25) is 5.15 Å². The third-order valence-corrected chi connectivity index (χ3v) is 3.79. The molecule has 0 N–H and O–H groups in total. The van der Waals surface area contributed by atoms with E-state index in [1.807, 2.05) is 0 Å². The van der Waals surface area contributed by atoms with Gasteiger partial charge in [0, 0.05) is 5.56 Å². The van der Waals surface area contributed by atoms with Crippen LogP contribution in [-0.4, -0.2) is 19.7 Å². The molecule has 0 aliphatic carbocycles. The van der Waals surface area contributed by atoms with Gasteiger partial charge in [0.1, 0.15) is 0 Å². The molecule has 104 valence electrons. The molecule has 0 amide bonds. The summed E-state index contributed by atoms with van der Waals surface area (Å²) in [6.07, 6.45) is 1.19. The molecule has 7 nitrogen and oxygen atoms in total. The molecular weight excluding hydrogens is 352 g/mol. The molecule has 2 heterocycles. The van der Waals surface area contributed by atoms with Crippen molar-refractivity contribution in [1.82, 2.24) is 14.8 Å². The molecule has 0 saturated carbocycles. The van der Waals surface area contributed by atoms with E-state index in [2.05, 4.69) is 26.1 Å². The molecule has 0 unspecified atom stereocenters. The van der Waals surface area contributed by atoms with Crippen LogP contribution in [0.4, 0.5) is 5.69 Å². The Kier molecular flexibility index (Phi) is 4.15. The molecule has 0 radical (unpaired) electrons. The second-order valence-electron chi connectivity index (χ2n) is 3.99. The molecule has 0 aliphatic rings. The van der Waals surface area contributed by atoms with Crippen molar-refractivity contribution in [3.05, 3.63) is 59.7 Å². The standard InChI is InChI=1S/C11H8BrClN4O3/c1-6-8(17(19)20)5-16(11(18)10(6)12)4-7-2-3-9(13)15-14-7/h2-3,5H,4H2,1H3. The number of hydrogen-bond donors (Lipinski definition) is 0. The molecule has 0 aliphatic heterocycles. The summed E-state index contributed by atoms with van der Waals surface area (Å²) in [5.74, 6) is 0. The van der Waals surface area contributed by atoms with Gasteiger partial charge in [0.2, 0.25) is 0 Å². The summed E-state index contributed by atoms with van der Waals surface area (Å²) in [6, 6.07) is 3.13. The van der Waals surface area contributed by atoms with Gasteiger partial charge < -0.3 is 4.57 Å². The Morgan fingerprint density at radius 2 is 2.15 bits per heavy atom. The van der Waals surface area contributed by atoms with E-state index in [0.29, 0.717) is 11.3 Å². The van der Waals surface area contributed by atoms with Crippen LogP contribution in [0, 0.1) is 17.0 Å². The first kappa shape index (κ1) is 14.6. The lowest BCUT2D eigenvalue weighted by atomic mass is 10.2. The Morgan fingerprint density at radius 1 is 1.45 bits per heavy atom. The minimum absolute atomic E-state index is 0.0721. The molecule has 9 heteroatoms. The Bertz CT molecular complexity index is 730. The highest BCUT2D eigenvalue weighted by Crippen LogP contribution is 2.22. The second kappa shape index (κ2) is 5.68. The van der Waals surface area contributed by atoms with Crippen LogP contribution in [0.15, 0.2) is 27.6 Å². The molecule has 2 aromatic heterocycles. The van der Waals surface area contributed by atoms with Gasteiger partial charge >= 0.3 is 0 Å². The second-order valence-corrected chi connectivity index (χ2v) is 5.17. The molecule has 20 heavy (non-hydrogen) atoms. The predicted molar refractivity (Wildman–Crippen MR) is 75.9 cm³/mol. The SMILES string of the molecule is Cc1c([N+](=O)[O-])cn(Cc2ccc(Cl)nn2)c(=O)c1Br. The van der Waals surface area contributed by atoms with Crippen molar-refractivity contribution in [2.45, 2.75) is 13.5 Å². The molecule has 2 rings (SSSR count). The van der Waals surface area contributed by atoms with Gasteiger partial charge in [-0.25, -0.2) is 0 Å². The minimum atomic E-state index is -0.538. The normalized spacial score (nSPS) is 10.6. The van der Waals surface area contributed by atoms with E-state index in [4.69, 9.17) is 11.6 Å². The van der Waals surface area contributed by atoms with Crippen LogP contribution in [-0.2, 0) is 6.54 Å². The van der Waals surface area contributed by atoms with Gasteiger partial charge in [0.15, 0.2) is 5.15 Å². The van der Waals surface area contributed by atoms with E-state index in [1.54, 1.807) is 6.07 Å². The topological polar surface area (TPSA) is 90.9 Å². The fourth-order valence-electron chi connectivity index (χ4n) is 1.61. The molecule has 0 atom stereocenters. The quantitative estimate of drug-likeness (QED) is 0.619. The first-order chi connectivity index (χ1) is 9.40. The van der Waals surface area contributed by atoms with Crippen molar-refractivity contribution < 1.29 is 4.92 Å². The summed E-state index contributed by atoms with van der Waals surface area (Å²) in [5.41, 5.74) is 0.253. The monoisotopic (exact) mass is 358 g/mol. The van der Waals surface area contributed by atoms with E-state index < -0.39 is 4.92 Å². The van der Waals surface area contributed by atoms with Crippen LogP contribution < -0.4 is 5.56 Å². The van der Waals surface area contributed by atoms with Crippen molar-refractivity contribution >= 4 is 33.2 Å². The molecule has 0 bridgehead atoms. The summed E-state index contributed by atoms with van der Waals surface area (Å²) in [5, 5.41) is 18.7. The largest absolute Gasteiger partial charge is 0.302 e. The zero-order valence-electron chi connectivity index (χ0n) is 10.2. The highest BCUT2D eigenvalue weighted by molar-refractivity contribution is 9.10. The maximum Gasteiger partial charge on any atom is 0.289 e. The third-order valence-electron chi connectivity index (χ3n) is 2.66. The van der Waals surface area contributed by atoms with Crippen molar-refractivity contribution in [3.63, 3.8) is 0 Å². The fourth-order valence-corrected chi connectivity index (χ4v) is 2.14. The Morgan fingerprint density at radius 3 is 2.70 bits per heavy atom. The average Bonchev–Trinajstić information content (AvgIpc) is 2.41. The zero-order valence-corrected chi connectivity index (χ0v) is 12.6. The third kappa shape index (κ3) is 2.86.